The second-order valence-corrected chi connectivity index (χ2v) is 9.73. The standard InChI is InChI=1S/C19H19BrO2Se/c20-17-18-15(21-12-13-7-3-1-4-8-13)11-16(22-18)19(17)23-14-9-5-2-6-10-14/h1-10,15-19H,11-12H2/t15-,16+,17+,18-,19+/m1/s1. The molecule has 0 aliphatic carbocycles. The Kier molecular flexibility index (Phi) is 4.88. The summed E-state index contributed by atoms with van der Waals surface area (Å²) in [5.41, 5.74) is 1.23. The van der Waals surface area contributed by atoms with Crippen molar-refractivity contribution in [2.45, 2.75) is 41.0 Å². The molecule has 0 radical (unpaired) electrons. The van der Waals surface area contributed by atoms with Gasteiger partial charge < -0.3 is 0 Å². The second-order valence-electron chi connectivity index (χ2n) is 6.05. The van der Waals surface area contributed by atoms with Crippen LogP contribution in [-0.4, -0.2) is 38.1 Å². The first-order valence-corrected chi connectivity index (χ1v) is 10.7. The van der Waals surface area contributed by atoms with Crippen molar-refractivity contribution in [3.63, 3.8) is 0 Å². The summed E-state index contributed by atoms with van der Waals surface area (Å²) in [6, 6.07) is 21.2. The predicted molar refractivity (Wildman–Crippen MR) is 96.6 cm³/mol. The minimum atomic E-state index is 0.194. The van der Waals surface area contributed by atoms with E-state index in [-0.39, 0.29) is 12.2 Å². The number of hydrogen-bond donors (Lipinski definition) is 0. The van der Waals surface area contributed by atoms with E-state index in [0.29, 0.717) is 37.3 Å². The van der Waals surface area contributed by atoms with E-state index in [1.54, 1.807) is 0 Å². The van der Waals surface area contributed by atoms with E-state index in [2.05, 4.69) is 70.5 Å². The molecule has 2 saturated heterocycles. The van der Waals surface area contributed by atoms with E-state index < -0.39 is 0 Å². The van der Waals surface area contributed by atoms with Crippen LogP contribution in [0.15, 0.2) is 60.7 Å². The van der Waals surface area contributed by atoms with Gasteiger partial charge in [0.15, 0.2) is 0 Å². The normalized spacial score (nSPS) is 32.3. The third kappa shape index (κ3) is 3.42. The Labute approximate surface area is 151 Å². The van der Waals surface area contributed by atoms with Gasteiger partial charge in [-0.1, -0.05) is 0 Å². The third-order valence-corrected chi connectivity index (χ3v) is 9.32. The maximum atomic E-state index is 6.21. The first kappa shape index (κ1) is 15.9. The van der Waals surface area contributed by atoms with Crippen LogP contribution in [0.1, 0.15) is 12.0 Å². The molecule has 0 amide bonds. The fourth-order valence-corrected chi connectivity index (χ4v) is 7.30. The van der Waals surface area contributed by atoms with Crippen molar-refractivity contribution >= 4 is 35.3 Å². The number of alkyl halides is 1. The minimum absolute atomic E-state index is 0.194. The van der Waals surface area contributed by atoms with Crippen LogP contribution in [0.4, 0.5) is 0 Å². The Morgan fingerprint density at radius 3 is 2.43 bits per heavy atom. The molecule has 0 N–H and O–H groups in total. The predicted octanol–water partition coefficient (Wildman–Crippen LogP) is 3.32. The fraction of sp³-hybridized carbons (Fsp3) is 0.368. The number of ether oxygens (including phenoxy) is 2. The SMILES string of the molecule is Br[C@H]1[C@@H]2O[C@@H](C[C@H]2OCc2ccccc2)[C@@H]1[Se]c1ccccc1. The number of halogens is 1. The van der Waals surface area contributed by atoms with Crippen LogP contribution < -0.4 is 4.46 Å². The molecule has 2 fully saturated rings. The average Bonchev–Trinajstić information content (AvgIpc) is 3.14. The summed E-state index contributed by atoms with van der Waals surface area (Å²) in [4.78, 5) is 1.01. The van der Waals surface area contributed by atoms with Gasteiger partial charge in [-0.2, -0.15) is 0 Å². The van der Waals surface area contributed by atoms with Gasteiger partial charge in [0, 0.05) is 0 Å². The Balaban J connectivity index is 1.36. The maximum absolute atomic E-state index is 6.21. The molecule has 4 rings (SSSR count). The molecule has 2 aromatic carbocycles. The Morgan fingerprint density at radius 2 is 1.74 bits per heavy atom. The molecule has 0 saturated carbocycles. The Bertz CT molecular complexity index is 632. The first-order valence-electron chi connectivity index (χ1n) is 7.98. The molecule has 2 bridgehead atoms. The molecule has 2 nitrogen and oxygen atoms in total. The number of benzene rings is 2. The van der Waals surface area contributed by atoms with Gasteiger partial charge in [-0.15, -0.1) is 0 Å². The molecular weight excluding hydrogens is 419 g/mol. The third-order valence-electron chi connectivity index (χ3n) is 4.48. The molecule has 2 aromatic rings. The molecule has 0 aromatic heterocycles. The van der Waals surface area contributed by atoms with Crippen molar-refractivity contribution in [3.05, 3.63) is 66.2 Å². The van der Waals surface area contributed by atoms with Crippen LogP contribution in [0.2, 0.25) is 4.82 Å². The van der Waals surface area contributed by atoms with E-state index in [0.717, 1.165) is 6.42 Å². The molecule has 2 heterocycles. The molecule has 2 aliphatic rings. The van der Waals surface area contributed by atoms with Gasteiger partial charge in [-0.25, -0.2) is 0 Å². The fourth-order valence-electron chi connectivity index (χ4n) is 3.33. The van der Waals surface area contributed by atoms with E-state index in [9.17, 15) is 0 Å². The summed E-state index contributed by atoms with van der Waals surface area (Å²) in [5.74, 6) is 0. The van der Waals surface area contributed by atoms with Gasteiger partial charge in [0.25, 0.3) is 0 Å². The monoisotopic (exact) mass is 438 g/mol. The summed E-state index contributed by atoms with van der Waals surface area (Å²) in [6.45, 7) is 0.673. The summed E-state index contributed by atoms with van der Waals surface area (Å²) < 4.78 is 13.8. The molecular formula is C19H19BrO2Se. The number of hydrogen-bond acceptors (Lipinski definition) is 2. The first-order chi connectivity index (χ1) is 11.3. The molecule has 0 spiro atoms. The molecule has 23 heavy (non-hydrogen) atoms. The van der Waals surface area contributed by atoms with Gasteiger partial charge in [0.2, 0.25) is 0 Å². The van der Waals surface area contributed by atoms with Gasteiger partial charge in [-0.3, -0.25) is 0 Å². The van der Waals surface area contributed by atoms with Crippen LogP contribution in [0.25, 0.3) is 0 Å². The zero-order valence-corrected chi connectivity index (χ0v) is 16.0. The van der Waals surface area contributed by atoms with E-state index >= 15 is 0 Å². The zero-order valence-electron chi connectivity index (χ0n) is 12.7. The second kappa shape index (κ2) is 7.08. The van der Waals surface area contributed by atoms with Crippen molar-refractivity contribution in [2.75, 3.05) is 0 Å². The van der Waals surface area contributed by atoms with Crippen LogP contribution in [0.5, 0.6) is 0 Å². The van der Waals surface area contributed by atoms with Crippen molar-refractivity contribution in [2.24, 2.45) is 0 Å². The summed E-state index contributed by atoms with van der Waals surface area (Å²) >= 11 is 4.34. The van der Waals surface area contributed by atoms with Crippen molar-refractivity contribution in [1.82, 2.24) is 0 Å². The Hall–Kier alpha value is -0.641. The van der Waals surface area contributed by atoms with Crippen LogP contribution in [0.3, 0.4) is 0 Å². The van der Waals surface area contributed by atoms with E-state index in [1.807, 2.05) is 6.07 Å². The van der Waals surface area contributed by atoms with Gasteiger partial charge in [0.05, 0.1) is 0 Å². The zero-order chi connectivity index (χ0) is 15.6. The van der Waals surface area contributed by atoms with Crippen LogP contribution in [0, 0.1) is 0 Å². The quantitative estimate of drug-likeness (QED) is 0.527. The molecule has 120 valence electrons. The Morgan fingerprint density at radius 1 is 1.04 bits per heavy atom. The molecule has 0 unspecified atom stereocenters. The molecule has 2 aliphatic heterocycles. The number of fused-ring (bicyclic) bond motifs is 2. The molecule has 5 atom stereocenters. The van der Waals surface area contributed by atoms with Gasteiger partial charge in [-0.05, 0) is 0 Å². The average molecular weight is 438 g/mol. The number of rotatable bonds is 5. The van der Waals surface area contributed by atoms with Crippen molar-refractivity contribution < 1.29 is 9.47 Å². The van der Waals surface area contributed by atoms with Crippen LogP contribution in [-0.2, 0) is 16.1 Å². The van der Waals surface area contributed by atoms with E-state index in [4.69, 9.17) is 9.47 Å². The van der Waals surface area contributed by atoms with Gasteiger partial charge >= 0.3 is 152 Å². The summed E-state index contributed by atoms with van der Waals surface area (Å²) in [7, 11) is 0. The summed E-state index contributed by atoms with van der Waals surface area (Å²) in [6.07, 6.45) is 1.77. The summed E-state index contributed by atoms with van der Waals surface area (Å²) in [5, 5.41) is 0. The van der Waals surface area contributed by atoms with Crippen molar-refractivity contribution in [1.29, 1.82) is 0 Å². The topological polar surface area (TPSA) is 18.5 Å². The van der Waals surface area contributed by atoms with Gasteiger partial charge in [0.1, 0.15) is 0 Å². The molecule has 4 heteroatoms. The van der Waals surface area contributed by atoms with E-state index in [1.165, 1.54) is 10.0 Å². The van der Waals surface area contributed by atoms with Crippen molar-refractivity contribution in [3.8, 4) is 0 Å². The van der Waals surface area contributed by atoms with Crippen LogP contribution >= 0.6 is 15.9 Å².